The molecule has 7 nitrogen and oxygen atoms in total. The fourth-order valence-corrected chi connectivity index (χ4v) is 4.62. The van der Waals surface area contributed by atoms with Gasteiger partial charge in [0.1, 0.15) is 11.6 Å². The van der Waals surface area contributed by atoms with E-state index in [4.69, 9.17) is 9.15 Å². The van der Waals surface area contributed by atoms with Crippen LogP contribution in [0.4, 0.5) is 8.78 Å². The largest absolute Gasteiger partial charge is 0.459 e. The lowest BCUT2D eigenvalue weighted by atomic mass is 9.59. The first-order valence-corrected chi connectivity index (χ1v) is 9.87. The number of hydrogen-bond acceptors (Lipinski definition) is 7. The van der Waals surface area contributed by atoms with Gasteiger partial charge in [0.05, 0.1) is 29.0 Å². The zero-order valence-electron chi connectivity index (χ0n) is 16.2. The molecule has 30 heavy (non-hydrogen) atoms. The number of fused-ring (bicyclic) bond motifs is 2. The Balaban J connectivity index is 1.60. The monoisotopic (exact) mass is 412 g/mol. The highest BCUT2D eigenvalue weighted by atomic mass is 19.1. The summed E-state index contributed by atoms with van der Waals surface area (Å²) in [6.45, 7) is 1.89. The molecule has 0 amide bonds. The predicted octanol–water partition coefficient (Wildman–Crippen LogP) is 3.94. The van der Waals surface area contributed by atoms with Crippen LogP contribution in [0.2, 0.25) is 0 Å². The van der Waals surface area contributed by atoms with E-state index < -0.39 is 23.0 Å². The molecule has 1 aromatic carbocycles. The van der Waals surface area contributed by atoms with Crippen molar-refractivity contribution >= 4 is 5.97 Å². The highest BCUT2D eigenvalue weighted by Crippen LogP contribution is 2.55. The van der Waals surface area contributed by atoms with Gasteiger partial charge in [-0.15, -0.1) is 15.3 Å². The van der Waals surface area contributed by atoms with Gasteiger partial charge in [0.2, 0.25) is 5.89 Å². The van der Waals surface area contributed by atoms with Gasteiger partial charge in [-0.25, -0.2) is 13.6 Å². The van der Waals surface area contributed by atoms with Gasteiger partial charge < -0.3 is 9.15 Å². The van der Waals surface area contributed by atoms with Crippen molar-refractivity contribution in [2.75, 3.05) is 6.61 Å². The van der Waals surface area contributed by atoms with Gasteiger partial charge in [-0.2, -0.15) is 5.10 Å². The normalized spacial score (nSPS) is 22.0. The fourth-order valence-electron chi connectivity index (χ4n) is 4.62. The lowest BCUT2D eigenvalue weighted by Gasteiger charge is -2.44. The van der Waals surface area contributed by atoms with Crippen LogP contribution >= 0.6 is 0 Å². The van der Waals surface area contributed by atoms with Crippen molar-refractivity contribution in [3.8, 4) is 11.3 Å². The van der Waals surface area contributed by atoms with Crippen LogP contribution in [0.3, 0.4) is 0 Å². The summed E-state index contributed by atoms with van der Waals surface area (Å²) in [6, 6.07) is 5.42. The number of carbonyl (C=O) groups is 1. The zero-order chi connectivity index (χ0) is 20.9. The van der Waals surface area contributed by atoms with Gasteiger partial charge >= 0.3 is 11.9 Å². The molecule has 6 rings (SSSR count). The van der Waals surface area contributed by atoms with Crippen LogP contribution < -0.4 is 0 Å². The van der Waals surface area contributed by atoms with Crippen LogP contribution in [0.1, 0.15) is 66.4 Å². The lowest BCUT2D eigenvalue weighted by Crippen LogP contribution is -2.40. The number of halogens is 2. The molecular weight excluding hydrogens is 394 g/mol. The van der Waals surface area contributed by atoms with Gasteiger partial charge in [0.25, 0.3) is 0 Å². The van der Waals surface area contributed by atoms with Crippen molar-refractivity contribution < 1.29 is 22.7 Å². The van der Waals surface area contributed by atoms with Crippen molar-refractivity contribution in [3.63, 3.8) is 0 Å². The topological polar surface area (TPSA) is 91.0 Å². The molecule has 1 saturated carbocycles. The van der Waals surface area contributed by atoms with Crippen molar-refractivity contribution in [2.45, 2.75) is 43.9 Å². The molecule has 0 spiro atoms. The number of carbonyl (C=O) groups excluding carboxylic acids is 1. The first-order chi connectivity index (χ1) is 14.5. The van der Waals surface area contributed by atoms with Crippen LogP contribution in [0.25, 0.3) is 11.3 Å². The van der Waals surface area contributed by atoms with Gasteiger partial charge in [-0.3, -0.25) is 0 Å². The van der Waals surface area contributed by atoms with Gasteiger partial charge in [-0.1, -0.05) is 6.07 Å². The summed E-state index contributed by atoms with van der Waals surface area (Å²) in [4.78, 5) is 11.9. The number of ether oxygens (including phenoxy) is 1. The quantitative estimate of drug-likeness (QED) is 0.600. The summed E-state index contributed by atoms with van der Waals surface area (Å²) < 4.78 is 39.1. The van der Waals surface area contributed by atoms with E-state index in [1.807, 2.05) is 0 Å². The minimum Gasteiger partial charge on any atom is -0.459 e. The van der Waals surface area contributed by atoms with Crippen LogP contribution in [0.5, 0.6) is 0 Å². The Bertz CT molecular complexity index is 1120. The van der Waals surface area contributed by atoms with Crippen molar-refractivity contribution in [1.82, 2.24) is 20.4 Å². The molecule has 2 aromatic heterocycles. The SMILES string of the molecule is CCOC(=O)c1nnc([C@]23CC[C@H](CC2)c2cc(-c4c(F)cccc4F)nnc23)o1. The molecular formula is C21H18F2N4O3. The maximum Gasteiger partial charge on any atom is 0.396 e. The Morgan fingerprint density at radius 1 is 1.17 bits per heavy atom. The maximum absolute atomic E-state index is 14.3. The lowest BCUT2D eigenvalue weighted by molar-refractivity contribution is 0.0475. The van der Waals surface area contributed by atoms with Gasteiger partial charge in [0, 0.05) is 0 Å². The summed E-state index contributed by atoms with van der Waals surface area (Å²) in [5, 5.41) is 16.5. The number of nitrogens with zero attached hydrogens (tertiary/aromatic N) is 4. The van der Waals surface area contributed by atoms with E-state index in [0.29, 0.717) is 11.6 Å². The van der Waals surface area contributed by atoms with Crippen LogP contribution in [-0.2, 0) is 10.2 Å². The second kappa shape index (κ2) is 6.93. The molecule has 0 saturated heterocycles. The third-order valence-electron chi connectivity index (χ3n) is 6.06. The third-order valence-corrected chi connectivity index (χ3v) is 6.06. The zero-order valence-corrected chi connectivity index (χ0v) is 16.2. The second-order valence-corrected chi connectivity index (χ2v) is 7.62. The van der Waals surface area contributed by atoms with Crippen LogP contribution in [0, 0.1) is 11.6 Å². The molecule has 0 atom stereocenters. The number of aromatic nitrogens is 4. The van der Waals surface area contributed by atoms with E-state index in [1.165, 1.54) is 18.2 Å². The third kappa shape index (κ3) is 2.72. The predicted molar refractivity (Wildman–Crippen MR) is 99.6 cm³/mol. The average molecular weight is 412 g/mol. The summed E-state index contributed by atoms with van der Waals surface area (Å²) in [7, 11) is 0. The smallest absolute Gasteiger partial charge is 0.396 e. The van der Waals surface area contributed by atoms with Crippen LogP contribution in [-0.4, -0.2) is 33.0 Å². The summed E-state index contributed by atoms with van der Waals surface area (Å²) in [5.74, 6) is -1.73. The molecule has 1 fully saturated rings. The average Bonchev–Trinajstić information content (AvgIpc) is 3.26. The van der Waals surface area contributed by atoms with E-state index >= 15 is 0 Å². The molecule has 2 heterocycles. The Kier molecular flexibility index (Phi) is 4.34. The molecule has 0 radical (unpaired) electrons. The Labute approximate surface area is 170 Å². The van der Waals surface area contributed by atoms with Crippen molar-refractivity contribution in [1.29, 1.82) is 0 Å². The summed E-state index contributed by atoms with van der Waals surface area (Å²) in [6.07, 6.45) is 3.12. The fraction of sp³-hybridized carbons (Fsp3) is 0.381. The minimum atomic E-state index is -0.684. The Hall–Kier alpha value is -3.23. The summed E-state index contributed by atoms with van der Waals surface area (Å²) in [5.41, 5.74) is 0.859. The van der Waals surface area contributed by atoms with E-state index in [1.54, 1.807) is 13.0 Å². The molecule has 0 aliphatic heterocycles. The Morgan fingerprint density at radius 2 is 1.90 bits per heavy atom. The molecule has 0 N–H and O–H groups in total. The number of benzene rings is 1. The molecule has 3 aromatic rings. The highest BCUT2D eigenvalue weighted by molar-refractivity contribution is 5.83. The second-order valence-electron chi connectivity index (χ2n) is 7.62. The van der Waals surface area contributed by atoms with Gasteiger partial charge in [-0.05, 0) is 62.3 Å². The van der Waals surface area contributed by atoms with Crippen LogP contribution in [0.15, 0.2) is 28.7 Å². The Morgan fingerprint density at radius 3 is 2.60 bits per heavy atom. The molecule has 154 valence electrons. The van der Waals surface area contributed by atoms with E-state index in [2.05, 4.69) is 20.4 Å². The number of hydrogen-bond donors (Lipinski definition) is 0. The number of esters is 1. The minimum absolute atomic E-state index is 0.157. The molecule has 2 bridgehead atoms. The summed E-state index contributed by atoms with van der Waals surface area (Å²) >= 11 is 0. The van der Waals surface area contributed by atoms with E-state index in [9.17, 15) is 13.6 Å². The van der Waals surface area contributed by atoms with Crippen molar-refractivity contribution in [3.05, 3.63) is 58.9 Å². The highest BCUT2D eigenvalue weighted by Gasteiger charge is 2.51. The standard InChI is InChI=1S/C21H18F2N4O3/c1-2-29-19(28)18-26-27-20(30-18)21-8-6-11(7-9-21)12-10-15(24-25-17(12)21)16-13(22)4-3-5-14(16)23/h3-5,10-11H,2,6-9H2,1H3/t11-,21-. The van der Waals surface area contributed by atoms with E-state index in [0.717, 1.165) is 31.2 Å². The molecule has 3 aliphatic carbocycles. The van der Waals surface area contributed by atoms with Gasteiger partial charge in [0.15, 0.2) is 0 Å². The van der Waals surface area contributed by atoms with E-state index in [-0.39, 0.29) is 29.7 Å². The number of rotatable bonds is 4. The van der Waals surface area contributed by atoms with Crippen molar-refractivity contribution in [2.24, 2.45) is 0 Å². The molecule has 3 aliphatic rings. The maximum atomic E-state index is 14.3. The first-order valence-electron chi connectivity index (χ1n) is 9.87. The molecule has 9 heteroatoms. The first kappa shape index (κ1) is 18.8. The molecule has 0 unspecified atom stereocenters.